The van der Waals surface area contributed by atoms with E-state index in [1.807, 2.05) is 26.8 Å². The van der Waals surface area contributed by atoms with Crippen LogP contribution in [0.2, 0.25) is 0 Å². The lowest BCUT2D eigenvalue weighted by atomic mass is 9.87. The standard InChI is InChI=1S/C14H18Br2O/c1-9-7-11(15)6-5-10(9)8-12(16)13(17)14(2,3)4/h5-7,12H,8H2,1-4H3. The molecule has 1 atom stereocenters. The highest BCUT2D eigenvalue weighted by Gasteiger charge is 2.28. The van der Waals surface area contributed by atoms with Crippen molar-refractivity contribution in [2.75, 3.05) is 0 Å². The summed E-state index contributed by atoms with van der Waals surface area (Å²) in [6.07, 6.45) is 0.745. The molecule has 0 saturated heterocycles. The van der Waals surface area contributed by atoms with Crippen molar-refractivity contribution < 1.29 is 4.79 Å². The van der Waals surface area contributed by atoms with Gasteiger partial charge in [-0.3, -0.25) is 4.79 Å². The Labute approximate surface area is 120 Å². The molecule has 1 aromatic carbocycles. The molecule has 1 nitrogen and oxygen atoms in total. The van der Waals surface area contributed by atoms with Gasteiger partial charge in [0, 0.05) is 9.89 Å². The average molecular weight is 362 g/mol. The van der Waals surface area contributed by atoms with Gasteiger partial charge >= 0.3 is 0 Å². The molecule has 0 aliphatic rings. The number of alkyl halides is 1. The van der Waals surface area contributed by atoms with Crippen molar-refractivity contribution in [3.05, 3.63) is 33.8 Å². The van der Waals surface area contributed by atoms with E-state index in [9.17, 15) is 4.79 Å². The van der Waals surface area contributed by atoms with Gasteiger partial charge in [0.1, 0.15) is 0 Å². The van der Waals surface area contributed by atoms with Crippen LogP contribution in [0.3, 0.4) is 0 Å². The molecular weight excluding hydrogens is 344 g/mol. The van der Waals surface area contributed by atoms with Gasteiger partial charge in [-0.2, -0.15) is 0 Å². The van der Waals surface area contributed by atoms with E-state index < -0.39 is 0 Å². The predicted molar refractivity (Wildman–Crippen MR) is 79.8 cm³/mol. The minimum absolute atomic E-state index is 0.109. The second-order valence-electron chi connectivity index (χ2n) is 5.36. The van der Waals surface area contributed by atoms with E-state index in [1.165, 1.54) is 11.1 Å². The van der Waals surface area contributed by atoms with E-state index in [-0.39, 0.29) is 16.0 Å². The Hall–Kier alpha value is -0.150. The van der Waals surface area contributed by atoms with E-state index in [2.05, 4.69) is 50.9 Å². The summed E-state index contributed by atoms with van der Waals surface area (Å²) in [7, 11) is 0. The number of aryl methyl sites for hydroxylation is 1. The summed E-state index contributed by atoms with van der Waals surface area (Å²) >= 11 is 6.95. The van der Waals surface area contributed by atoms with Crippen molar-refractivity contribution in [2.45, 2.75) is 38.9 Å². The highest BCUT2D eigenvalue weighted by Crippen LogP contribution is 2.25. The highest BCUT2D eigenvalue weighted by molar-refractivity contribution is 9.10. The van der Waals surface area contributed by atoms with Crippen LogP contribution in [0.15, 0.2) is 22.7 Å². The molecule has 0 N–H and O–H groups in total. The molecule has 0 aliphatic heterocycles. The number of hydrogen-bond donors (Lipinski definition) is 0. The fraction of sp³-hybridized carbons (Fsp3) is 0.500. The van der Waals surface area contributed by atoms with Gasteiger partial charge in [0.05, 0.1) is 4.83 Å². The largest absolute Gasteiger partial charge is 0.298 e. The molecule has 0 radical (unpaired) electrons. The second-order valence-corrected chi connectivity index (χ2v) is 7.38. The fourth-order valence-electron chi connectivity index (χ4n) is 1.64. The van der Waals surface area contributed by atoms with Gasteiger partial charge < -0.3 is 0 Å². The Kier molecular flexibility index (Phi) is 4.96. The zero-order valence-corrected chi connectivity index (χ0v) is 13.9. The van der Waals surface area contributed by atoms with Crippen molar-refractivity contribution in [2.24, 2.45) is 5.41 Å². The molecule has 0 aliphatic carbocycles. The van der Waals surface area contributed by atoms with Gasteiger partial charge in [0.2, 0.25) is 0 Å². The topological polar surface area (TPSA) is 17.1 Å². The Morgan fingerprint density at radius 2 is 1.94 bits per heavy atom. The lowest BCUT2D eigenvalue weighted by Gasteiger charge is -2.21. The van der Waals surface area contributed by atoms with Crippen LogP contribution in [0.25, 0.3) is 0 Å². The zero-order valence-electron chi connectivity index (χ0n) is 10.7. The number of carbonyl (C=O) groups is 1. The first-order valence-corrected chi connectivity index (χ1v) is 7.36. The Morgan fingerprint density at radius 3 is 2.41 bits per heavy atom. The Balaban J connectivity index is 2.81. The van der Waals surface area contributed by atoms with E-state index >= 15 is 0 Å². The number of carbonyl (C=O) groups excluding carboxylic acids is 1. The molecule has 0 spiro atoms. The minimum Gasteiger partial charge on any atom is -0.298 e. The third-order valence-corrected chi connectivity index (χ3v) is 3.96. The van der Waals surface area contributed by atoms with E-state index in [0.29, 0.717) is 0 Å². The number of ketones is 1. The summed E-state index contributed by atoms with van der Waals surface area (Å²) in [6, 6.07) is 6.17. The summed E-state index contributed by atoms with van der Waals surface area (Å²) in [5.41, 5.74) is 2.13. The maximum atomic E-state index is 12.1. The first kappa shape index (κ1) is 14.9. The number of hydrogen-bond acceptors (Lipinski definition) is 1. The summed E-state index contributed by atoms with van der Waals surface area (Å²) in [4.78, 5) is 12.0. The van der Waals surface area contributed by atoms with Crippen LogP contribution in [0.5, 0.6) is 0 Å². The summed E-state index contributed by atoms with van der Waals surface area (Å²) in [5, 5.41) is 0. The molecule has 3 heteroatoms. The van der Waals surface area contributed by atoms with Gasteiger partial charge in [0.25, 0.3) is 0 Å². The van der Waals surface area contributed by atoms with E-state index in [1.54, 1.807) is 0 Å². The molecule has 0 heterocycles. The van der Waals surface area contributed by atoms with Crippen molar-refractivity contribution in [1.29, 1.82) is 0 Å². The predicted octanol–water partition coefficient (Wildman–Crippen LogP) is 4.68. The van der Waals surface area contributed by atoms with Crippen LogP contribution in [-0.2, 0) is 11.2 Å². The number of Topliss-reactive ketones (excluding diaryl/α,β-unsaturated/α-hetero) is 1. The quantitative estimate of drug-likeness (QED) is 0.714. The van der Waals surface area contributed by atoms with Crippen LogP contribution in [0.1, 0.15) is 31.9 Å². The third kappa shape index (κ3) is 4.22. The fourth-order valence-corrected chi connectivity index (χ4v) is 3.16. The average Bonchev–Trinajstić information content (AvgIpc) is 2.19. The van der Waals surface area contributed by atoms with Crippen molar-refractivity contribution in [3.63, 3.8) is 0 Å². The van der Waals surface area contributed by atoms with E-state index in [0.717, 1.165) is 10.9 Å². The first-order chi connectivity index (χ1) is 7.71. The minimum atomic E-state index is -0.294. The molecule has 94 valence electrons. The van der Waals surface area contributed by atoms with Gasteiger partial charge in [0.15, 0.2) is 5.78 Å². The van der Waals surface area contributed by atoms with Gasteiger partial charge in [-0.1, -0.05) is 58.7 Å². The van der Waals surface area contributed by atoms with Crippen LogP contribution in [0.4, 0.5) is 0 Å². The smallest absolute Gasteiger partial charge is 0.152 e. The maximum absolute atomic E-state index is 12.1. The van der Waals surface area contributed by atoms with Crippen LogP contribution in [-0.4, -0.2) is 10.6 Å². The molecule has 0 amide bonds. The summed E-state index contributed by atoms with van der Waals surface area (Å²) < 4.78 is 1.08. The molecule has 17 heavy (non-hydrogen) atoms. The van der Waals surface area contributed by atoms with Crippen LogP contribution >= 0.6 is 31.9 Å². The molecule has 0 aromatic heterocycles. The van der Waals surface area contributed by atoms with Gasteiger partial charge in [-0.25, -0.2) is 0 Å². The Bertz CT molecular complexity index is 419. The first-order valence-electron chi connectivity index (χ1n) is 5.65. The molecule has 1 aromatic rings. The molecule has 1 unspecified atom stereocenters. The number of halogens is 2. The van der Waals surface area contributed by atoms with Crippen molar-refractivity contribution in [3.8, 4) is 0 Å². The normalized spacial score (nSPS) is 13.5. The number of rotatable bonds is 3. The molecule has 0 fully saturated rings. The van der Waals surface area contributed by atoms with Crippen LogP contribution < -0.4 is 0 Å². The third-order valence-electron chi connectivity index (χ3n) is 2.73. The summed E-state index contributed by atoms with van der Waals surface area (Å²) in [6.45, 7) is 7.94. The second kappa shape index (κ2) is 5.66. The number of benzene rings is 1. The van der Waals surface area contributed by atoms with Crippen LogP contribution in [0, 0.1) is 12.3 Å². The van der Waals surface area contributed by atoms with E-state index in [4.69, 9.17) is 0 Å². The molecule has 1 rings (SSSR count). The van der Waals surface area contributed by atoms with Gasteiger partial charge in [-0.15, -0.1) is 0 Å². The Morgan fingerprint density at radius 1 is 1.35 bits per heavy atom. The van der Waals surface area contributed by atoms with Gasteiger partial charge in [-0.05, 0) is 36.6 Å². The molecule has 0 saturated carbocycles. The van der Waals surface area contributed by atoms with Crippen molar-refractivity contribution >= 4 is 37.6 Å². The monoisotopic (exact) mass is 360 g/mol. The summed E-state index contributed by atoms with van der Waals surface area (Å²) in [5.74, 6) is 0.250. The van der Waals surface area contributed by atoms with Crippen molar-refractivity contribution in [1.82, 2.24) is 0 Å². The zero-order chi connectivity index (χ0) is 13.2. The SMILES string of the molecule is Cc1cc(Br)ccc1CC(Br)C(=O)C(C)(C)C. The molecular formula is C14H18Br2O. The lowest BCUT2D eigenvalue weighted by Crippen LogP contribution is -2.30. The highest BCUT2D eigenvalue weighted by atomic mass is 79.9. The molecule has 0 bridgehead atoms. The lowest BCUT2D eigenvalue weighted by molar-refractivity contribution is -0.125. The maximum Gasteiger partial charge on any atom is 0.152 e.